The highest BCUT2D eigenvalue weighted by Gasteiger charge is 2.25. The second-order valence-electron chi connectivity index (χ2n) is 7.86. The van der Waals surface area contributed by atoms with Crippen LogP contribution in [0.5, 0.6) is 5.88 Å². The van der Waals surface area contributed by atoms with E-state index in [4.69, 9.17) is 4.74 Å². The van der Waals surface area contributed by atoms with Gasteiger partial charge in [-0.05, 0) is 36.4 Å². The molecule has 0 radical (unpaired) electrons. The molecule has 0 atom stereocenters. The number of nitrogens with zero attached hydrogens (tertiary/aromatic N) is 5. The van der Waals surface area contributed by atoms with E-state index in [2.05, 4.69) is 20.3 Å². The lowest BCUT2D eigenvalue weighted by Gasteiger charge is -2.26. The number of methoxy groups -OCH3 is 1. The molecule has 0 saturated carbocycles. The number of fused-ring (bicyclic) bond motifs is 1. The Hall–Kier alpha value is -3.99. The van der Waals surface area contributed by atoms with Crippen LogP contribution in [0.1, 0.15) is 10.4 Å². The number of hydrogen-bond acceptors (Lipinski definition) is 8. The molecule has 1 aliphatic heterocycles. The smallest absolute Gasteiger partial charge is 0.253 e. The third-order valence-electron chi connectivity index (χ3n) is 5.65. The second-order valence-corrected chi connectivity index (χ2v) is 10.2. The van der Waals surface area contributed by atoms with Crippen molar-refractivity contribution in [3.05, 3.63) is 66.6 Å². The molecule has 0 bridgehead atoms. The normalized spacial score (nSPS) is 15.3. The monoisotopic (exact) mass is 478 g/mol. The van der Waals surface area contributed by atoms with Crippen molar-refractivity contribution in [3.63, 3.8) is 0 Å². The number of pyridine rings is 1. The lowest BCUT2D eigenvalue weighted by atomic mass is 10.1. The number of aromatic nitrogens is 4. The molecular formula is C23H22N6O4S. The van der Waals surface area contributed by atoms with Crippen molar-refractivity contribution >= 4 is 38.4 Å². The first-order valence-electron chi connectivity index (χ1n) is 10.6. The Morgan fingerprint density at radius 2 is 1.76 bits per heavy atom. The highest BCUT2D eigenvalue weighted by atomic mass is 32.2. The molecule has 1 amide bonds. The van der Waals surface area contributed by atoms with Gasteiger partial charge in [0.2, 0.25) is 11.8 Å². The van der Waals surface area contributed by atoms with E-state index in [1.165, 1.54) is 0 Å². The van der Waals surface area contributed by atoms with Crippen LogP contribution in [-0.4, -0.2) is 70.4 Å². The lowest BCUT2D eigenvalue weighted by molar-refractivity contribution is 0.0770. The van der Waals surface area contributed by atoms with Gasteiger partial charge in [-0.3, -0.25) is 4.79 Å². The van der Waals surface area contributed by atoms with Crippen LogP contribution >= 0.6 is 0 Å². The Bertz CT molecular complexity index is 1440. The van der Waals surface area contributed by atoms with Crippen molar-refractivity contribution in [1.82, 2.24) is 24.4 Å². The van der Waals surface area contributed by atoms with Gasteiger partial charge in [-0.25, -0.2) is 18.4 Å². The van der Waals surface area contributed by atoms with E-state index < -0.39 is 9.84 Å². The Kier molecular flexibility index (Phi) is 5.62. The van der Waals surface area contributed by atoms with Gasteiger partial charge in [-0.15, -0.1) is 0 Å². The van der Waals surface area contributed by atoms with Crippen LogP contribution in [-0.2, 0) is 9.84 Å². The van der Waals surface area contributed by atoms with E-state index in [1.807, 2.05) is 35.0 Å². The number of carbonyl (C=O) groups excluding carboxylic acids is 1. The fraction of sp³-hybridized carbons (Fsp3) is 0.217. The number of rotatable bonds is 5. The predicted molar refractivity (Wildman–Crippen MR) is 127 cm³/mol. The standard InChI is InChI=1S/C23H22N6O4S/c1-33-20-7-4-18(15-24-20)26-23-25-14-17-8-9-29(21(17)27-23)19-5-2-16(3-6-19)22(30)28-10-12-34(31,32)13-11-28/h2-9,14-15H,10-13H2,1H3,(H,25,26,27). The molecule has 1 saturated heterocycles. The molecule has 0 spiro atoms. The minimum Gasteiger partial charge on any atom is -0.481 e. The zero-order chi connectivity index (χ0) is 23.7. The van der Waals surface area contributed by atoms with Gasteiger partial charge in [0, 0.05) is 48.2 Å². The van der Waals surface area contributed by atoms with Crippen LogP contribution in [0.2, 0.25) is 0 Å². The van der Waals surface area contributed by atoms with Crippen LogP contribution in [0, 0.1) is 0 Å². The van der Waals surface area contributed by atoms with Gasteiger partial charge in [0.25, 0.3) is 5.91 Å². The van der Waals surface area contributed by atoms with Gasteiger partial charge in [0.05, 0.1) is 30.5 Å². The summed E-state index contributed by atoms with van der Waals surface area (Å²) >= 11 is 0. The number of carbonyl (C=O) groups is 1. The quantitative estimate of drug-likeness (QED) is 0.465. The number of anilines is 2. The largest absolute Gasteiger partial charge is 0.481 e. The molecule has 4 heterocycles. The zero-order valence-electron chi connectivity index (χ0n) is 18.4. The highest BCUT2D eigenvalue weighted by molar-refractivity contribution is 7.91. The summed E-state index contributed by atoms with van der Waals surface area (Å²) in [4.78, 5) is 27.5. The van der Waals surface area contributed by atoms with Gasteiger partial charge >= 0.3 is 0 Å². The summed E-state index contributed by atoms with van der Waals surface area (Å²) in [7, 11) is -1.48. The van der Waals surface area contributed by atoms with E-state index in [9.17, 15) is 13.2 Å². The molecule has 5 rings (SSSR count). The van der Waals surface area contributed by atoms with Crippen molar-refractivity contribution in [1.29, 1.82) is 0 Å². The van der Waals surface area contributed by atoms with Crippen molar-refractivity contribution < 1.29 is 17.9 Å². The average Bonchev–Trinajstić information content (AvgIpc) is 3.27. The van der Waals surface area contributed by atoms with Crippen LogP contribution in [0.4, 0.5) is 11.6 Å². The lowest BCUT2D eigenvalue weighted by Crippen LogP contribution is -2.43. The number of sulfone groups is 1. The summed E-state index contributed by atoms with van der Waals surface area (Å²) in [5.41, 5.74) is 2.79. The molecule has 4 aromatic rings. The average molecular weight is 479 g/mol. The number of hydrogen-bond donors (Lipinski definition) is 1. The summed E-state index contributed by atoms with van der Waals surface area (Å²) in [5, 5.41) is 4.00. The van der Waals surface area contributed by atoms with Gasteiger partial charge in [-0.1, -0.05) is 0 Å². The Balaban J connectivity index is 1.36. The molecule has 0 aliphatic carbocycles. The molecule has 1 aliphatic rings. The molecule has 1 fully saturated rings. The first-order valence-corrected chi connectivity index (χ1v) is 12.5. The Morgan fingerprint density at radius 1 is 1.00 bits per heavy atom. The maximum Gasteiger partial charge on any atom is 0.253 e. The molecule has 1 N–H and O–H groups in total. The Labute approximate surface area is 196 Å². The molecule has 11 heteroatoms. The van der Waals surface area contributed by atoms with Gasteiger partial charge < -0.3 is 19.5 Å². The third kappa shape index (κ3) is 4.42. The third-order valence-corrected chi connectivity index (χ3v) is 7.26. The molecule has 1 aromatic carbocycles. The predicted octanol–water partition coefficient (Wildman–Crippen LogP) is 2.44. The fourth-order valence-electron chi connectivity index (χ4n) is 3.75. The molecule has 34 heavy (non-hydrogen) atoms. The minimum absolute atomic E-state index is 0.00877. The first kappa shape index (κ1) is 21.8. The van der Waals surface area contributed by atoms with Crippen LogP contribution in [0.15, 0.2) is 61.1 Å². The number of benzene rings is 1. The summed E-state index contributed by atoms with van der Waals surface area (Å²) in [5.74, 6) is 0.791. The fourth-order valence-corrected chi connectivity index (χ4v) is 4.95. The number of amides is 1. The van der Waals surface area contributed by atoms with E-state index in [0.717, 1.165) is 16.8 Å². The van der Waals surface area contributed by atoms with E-state index in [0.29, 0.717) is 23.0 Å². The zero-order valence-corrected chi connectivity index (χ0v) is 19.2. The summed E-state index contributed by atoms with van der Waals surface area (Å²) < 4.78 is 30.2. The topological polar surface area (TPSA) is 119 Å². The summed E-state index contributed by atoms with van der Waals surface area (Å²) in [6, 6.07) is 12.7. The SMILES string of the molecule is COc1ccc(Nc2ncc3ccn(-c4ccc(C(=O)N5CCS(=O)(=O)CC5)cc4)c3n2)cn1. The molecular weight excluding hydrogens is 456 g/mol. The van der Waals surface area contributed by atoms with Gasteiger partial charge in [0.15, 0.2) is 9.84 Å². The first-order chi connectivity index (χ1) is 16.4. The number of ether oxygens (including phenoxy) is 1. The van der Waals surface area contributed by atoms with Crippen LogP contribution < -0.4 is 10.1 Å². The van der Waals surface area contributed by atoms with E-state index >= 15 is 0 Å². The van der Waals surface area contributed by atoms with Crippen molar-refractivity contribution in [2.75, 3.05) is 37.0 Å². The van der Waals surface area contributed by atoms with Crippen LogP contribution in [0.3, 0.4) is 0 Å². The molecule has 174 valence electrons. The second kappa shape index (κ2) is 8.75. The minimum atomic E-state index is -3.04. The maximum atomic E-state index is 12.8. The molecule has 3 aromatic heterocycles. The highest BCUT2D eigenvalue weighted by Crippen LogP contribution is 2.22. The van der Waals surface area contributed by atoms with Crippen molar-refractivity contribution in [2.24, 2.45) is 0 Å². The van der Waals surface area contributed by atoms with E-state index in [1.54, 1.807) is 42.6 Å². The van der Waals surface area contributed by atoms with Crippen molar-refractivity contribution in [3.8, 4) is 11.6 Å². The van der Waals surface area contributed by atoms with Crippen LogP contribution in [0.25, 0.3) is 16.7 Å². The van der Waals surface area contributed by atoms with Gasteiger partial charge in [0.1, 0.15) is 5.65 Å². The molecule has 10 nitrogen and oxygen atoms in total. The summed E-state index contributed by atoms with van der Waals surface area (Å²) in [6.07, 6.45) is 5.27. The van der Waals surface area contributed by atoms with Gasteiger partial charge in [-0.2, -0.15) is 4.98 Å². The Morgan fingerprint density at radius 3 is 2.44 bits per heavy atom. The number of nitrogens with one attached hydrogen (secondary N) is 1. The summed E-state index contributed by atoms with van der Waals surface area (Å²) in [6.45, 7) is 0.448. The maximum absolute atomic E-state index is 12.8. The molecule has 0 unspecified atom stereocenters. The van der Waals surface area contributed by atoms with E-state index in [-0.39, 0.29) is 30.5 Å². The van der Waals surface area contributed by atoms with Crippen molar-refractivity contribution in [2.45, 2.75) is 0 Å².